The standard InChI is InChI=1S/C73H137O24P/c1-5-8-11-14-17-19-21-22-23-24-25-27-28-30-36-42-47-58(76)90-52-56-61(79)63(81)68(86)73(94-56)96-70-66(84)64(82)65(83)69(95-72-67(85)62(80)60(78)55(49-74)93-72)71(70)97-98(87,88)91-51-54(92-59(77)48-43-38-31-29-26-20-18-15-12-9-6-2)50-89-57(75)46-41-37-33-32-35-40-45-53(4)44-39-34-16-13-10-7-3/h53-56,60-74,78-86H,5-52H2,1-4H3,(H,87,88). The summed E-state index contributed by atoms with van der Waals surface area (Å²) in [7, 11) is -5.69. The number of aliphatic hydroxyl groups excluding tert-OH is 10. The summed E-state index contributed by atoms with van der Waals surface area (Å²) in [4.78, 5) is 51.0. The average molecular weight is 1430 g/mol. The summed E-state index contributed by atoms with van der Waals surface area (Å²) >= 11 is 0. The van der Waals surface area contributed by atoms with Crippen molar-refractivity contribution in [1.29, 1.82) is 0 Å². The molecule has 0 aromatic rings. The minimum atomic E-state index is -5.69. The molecular formula is C73H137O24P. The first-order chi connectivity index (χ1) is 47.2. The Kier molecular flexibility index (Phi) is 50.2. The summed E-state index contributed by atoms with van der Waals surface area (Å²) in [5.74, 6) is -1.28. The van der Waals surface area contributed by atoms with E-state index in [0.717, 1.165) is 96.3 Å². The largest absolute Gasteiger partial charge is 0.472 e. The van der Waals surface area contributed by atoms with Crippen LogP contribution >= 0.6 is 7.82 Å². The number of unbranched alkanes of at least 4 members (excludes halogenated alkanes) is 35. The summed E-state index contributed by atoms with van der Waals surface area (Å²) in [6, 6.07) is 0. The SMILES string of the molecule is CCCCCCCCCCCCCCCCCCC(=O)OCC1OC(OC2C(O)C(O)C(O)C(OC3OC(CO)C(O)C(O)C3O)C2OP(=O)(O)OCC(COC(=O)CCCCCCCCC(C)CCCCCCCC)OC(=O)CCCCCCCCCCCCC)C(O)C(O)C1O. The van der Waals surface area contributed by atoms with Crippen molar-refractivity contribution in [1.82, 2.24) is 0 Å². The van der Waals surface area contributed by atoms with Gasteiger partial charge in [0.1, 0.15) is 98.7 Å². The molecule has 0 aromatic carbocycles. The Morgan fingerprint density at radius 1 is 0.388 bits per heavy atom. The molecule has 2 aliphatic heterocycles. The molecule has 1 saturated carbocycles. The fourth-order valence-electron chi connectivity index (χ4n) is 13.1. The molecule has 0 bridgehead atoms. The second kappa shape index (κ2) is 54.6. The quantitative estimate of drug-likeness (QED) is 0.0117. The molecule has 0 radical (unpaired) electrons. The van der Waals surface area contributed by atoms with Crippen LogP contribution < -0.4 is 0 Å². The van der Waals surface area contributed by atoms with E-state index in [0.29, 0.717) is 25.2 Å². The number of phosphoric acid groups is 1. The third-order valence-corrected chi connectivity index (χ3v) is 20.5. The molecule has 3 aliphatic rings. The van der Waals surface area contributed by atoms with Crippen molar-refractivity contribution in [3.8, 4) is 0 Å². The van der Waals surface area contributed by atoms with Crippen LogP contribution in [0.25, 0.3) is 0 Å². The molecule has 0 aromatic heterocycles. The van der Waals surface area contributed by atoms with Gasteiger partial charge in [-0.05, 0) is 25.2 Å². The van der Waals surface area contributed by atoms with Crippen LogP contribution in [0.4, 0.5) is 0 Å². The normalized spacial score (nSPS) is 27.9. The summed E-state index contributed by atoms with van der Waals surface area (Å²) in [5, 5.41) is 110. The van der Waals surface area contributed by atoms with E-state index >= 15 is 0 Å². The Morgan fingerprint density at radius 3 is 1.10 bits per heavy atom. The number of rotatable bonds is 60. The van der Waals surface area contributed by atoms with Crippen molar-refractivity contribution in [2.75, 3.05) is 26.4 Å². The predicted octanol–water partition coefficient (Wildman–Crippen LogP) is 10.8. The van der Waals surface area contributed by atoms with Crippen LogP contribution in [0, 0.1) is 5.92 Å². The minimum absolute atomic E-state index is 0.0337. The molecule has 578 valence electrons. The zero-order valence-corrected chi connectivity index (χ0v) is 61.4. The molecule has 3 fully saturated rings. The fourth-order valence-corrected chi connectivity index (χ4v) is 14.1. The van der Waals surface area contributed by atoms with Crippen molar-refractivity contribution in [3.63, 3.8) is 0 Å². The van der Waals surface area contributed by atoms with Crippen LogP contribution in [0.2, 0.25) is 0 Å². The van der Waals surface area contributed by atoms with Crippen LogP contribution in [0.1, 0.15) is 310 Å². The van der Waals surface area contributed by atoms with Gasteiger partial charge in [0, 0.05) is 19.3 Å². The van der Waals surface area contributed by atoms with Crippen molar-refractivity contribution >= 4 is 25.7 Å². The minimum Gasteiger partial charge on any atom is -0.463 e. The van der Waals surface area contributed by atoms with Crippen molar-refractivity contribution in [3.05, 3.63) is 0 Å². The predicted molar refractivity (Wildman–Crippen MR) is 370 cm³/mol. The third-order valence-electron chi connectivity index (χ3n) is 19.5. The van der Waals surface area contributed by atoms with Gasteiger partial charge in [0.05, 0.1) is 13.2 Å². The topological polar surface area (TPSA) is 374 Å². The van der Waals surface area contributed by atoms with Gasteiger partial charge in [0.2, 0.25) is 0 Å². The molecular weight excluding hydrogens is 1290 g/mol. The highest BCUT2D eigenvalue weighted by molar-refractivity contribution is 7.47. The molecule has 11 N–H and O–H groups in total. The number of carbonyl (C=O) groups excluding carboxylic acids is 3. The first-order valence-electron chi connectivity index (χ1n) is 38.7. The van der Waals surface area contributed by atoms with E-state index in [9.17, 15) is 74.9 Å². The van der Waals surface area contributed by atoms with E-state index in [2.05, 4.69) is 27.7 Å². The van der Waals surface area contributed by atoms with E-state index < -0.39 is 156 Å². The summed E-state index contributed by atoms with van der Waals surface area (Å²) in [6.45, 7) is 5.79. The second-order valence-electron chi connectivity index (χ2n) is 28.4. The molecule has 24 nitrogen and oxygen atoms in total. The first-order valence-corrected chi connectivity index (χ1v) is 40.2. The zero-order chi connectivity index (χ0) is 71.9. The molecule has 0 spiro atoms. The van der Waals surface area contributed by atoms with E-state index in [1.54, 1.807) is 0 Å². The lowest BCUT2D eigenvalue weighted by atomic mass is 9.84. The maximum atomic E-state index is 14.3. The van der Waals surface area contributed by atoms with Crippen molar-refractivity contribution in [2.45, 2.75) is 414 Å². The zero-order valence-electron chi connectivity index (χ0n) is 60.5. The van der Waals surface area contributed by atoms with Gasteiger partial charge >= 0.3 is 25.7 Å². The highest BCUT2D eigenvalue weighted by atomic mass is 31.2. The van der Waals surface area contributed by atoms with Gasteiger partial charge in [-0.3, -0.25) is 23.4 Å². The molecule has 1 aliphatic carbocycles. The summed E-state index contributed by atoms with van der Waals surface area (Å²) in [5.41, 5.74) is 0. The Labute approximate surface area is 587 Å². The van der Waals surface area contributed by atoms with Crippen molar-refractivity contribution in [2.24, 2.45) is 5.92 Å². The van der Waals surface area contributed by atoms with Crippen LogP contribution in [0.15, 0.2) is 0 Å². The molecule has 19 atom stereocenters. The highest BCUT2D eigenvalue weighted by Gasteiger charge is 2.58. The maximum Gasteiger partial charge on any atom is 0.472 e. The molecule has 25 heteroatoms. The first kappa shape index (κ1) is 90.2. The summed E-state index contributed by atoms with van der Waals surface area (Å²) in [6.07, 6.45) is 10.3. The number of aliphatic hydroxyl groups is 10. The molecule has 2 saturated heterocycles. The van der Waals surface area contributed by atoms with Crippen molar-refractivity contribution < 1.29 is 117 Å². The van der Waals surface area contributed by atoms with E-state index in [-0.39, 0.29) is 19.3 Å². The van der Waals surface area contributed by atoms with Gasteiger partial charge in [0.25, 0.3) is 0 Å². The van der Waals surface area contributed by atoms with Gasteiger partial charge in [0.15, 0.2) is 18.7 Å². The van der Waals surface area contributed by atoms with Gasteiger partial charge in [-0.1, -0.05) is 272 Å². The van der Waals surface area contributed by atoms with Gasteiger partial charge in [-0.2, -0.15) is 0 Å². The smallest absolute Gasteiger partial charge is 0.463 e. The Balaban J connectivity index is 1.72. The molecule has 0 amide bonds. The van der Waals surface area contributed by atoms with Crippen LogP contribution in [0.5, 0.6) is 0 Å². The Morgan fingerprint density at radius 2 is 0.714 bits per heavy atom. The van der Waals surface area contributed by atoms with Crippen LogP contribution in [0.3, 0.4) is 0 Å². The van der Waals surface area contributed by atoms with E-state index in [1.807, 2.05) is 0 Å². The molecule has 3 rings (SSSR count). The van der Waals surface area contributed by atoms with E-state index in [4.69, 9.17) is 42.2 Å². The number of hydrogen-bond acceptors (Lipinski definition) is 23. The second-order valence-corrected chi connectivity index (χ2v) is 29.8. The number of hydrogen-bond donors (Lipinski definition) is 11. The van der Waals surface area contributed by atoms with Crippen LogP contribution in [-0.2, 0) is 61.2 Å². The number of ether oxygens (including phenoxy) is 7. The highest BCUT2D eigenvalue weighted by Crippen LogP contribution is 2.49. The van der Waals surface area contributed by atoms with Crippen LogP contribution in [-0.4, -0.2) is 204 Å². The molecule has 2 heterocycles. The molecule has 98 heavy (non-hydrogen) atoms. The third kappa shape index (κ3) is 37.6. The lowest BCUT2D eigenvalue weighted by Crippen LogP contribution is -2.69. The van der Waals surface area contributed by atoms with Gasteiger partial charge in [-0.15, -0.1) is 0 Å². The summed E-state index contributed by atoms with van der Waals surface area (Å²) < 4.78 is 65.1. The monoisotopic (exact) mass is 1430 g/mol. The number of esters is 3. The molecule has 19 unspecified atom stereocenters. The fraction of sp³-hybridized carbons (Fsp3) is 0.959. The lowest BCUT2D eigenvalue weighted by Gasteiger charge is -2.49. The lowest BCUT2D eigenvalue weighted by molar-refractivity contribution is -0.360. The van der Waals surface area contributed by atoms with Gasteiger partial charge in [-0.25, -0.2) is 4.57 Å². The van der Waals surface area contributed by atoms with Gasteiger partial charge < -0.3 is 89.1 Å². The Bertz CT molecular complexity index is 2050. The maximum absolute atomic E-state index is 14.3. The van der Waals surface area contributed by atoms with E-state index in [1.165, 1.54) is 148 Å². The number of carbonyl (C=O) groups is 3. The average Bonchev–Trinajstić information content (AvgIpc) is 0.764. The Hall–Kier alpha value is -2.04. The number of phosphoric ester groups is 1.